The molecule has 0 fully saturated rings. The van der Waals surface area contributed by atoms with Crippen molar-refractivity contribution in [1.82, 2.24) is 4.90 Å². The van der Waals surface area contributed by atoms with Crippen LogP contribution in [0.15, 0.2) is 72.1 Å². The average Bonchev–Trinajstić information content (AvgIpc) is 3.18. The lowest BCUT2D eigenvalue weighted by molar-refractivity contribution is -0.140. The molecule has 7 heteroatoms. The van der Waals surface area contributed by atoms with Gasteiger partial charge in [0.15, 0.2) is 0 Å². The Kier molecular flexibility index (Phi) is 5.41. The number of fused-ring (bicyclic) bond motifs is 2. The number of benzene rings is 3. The van der Waals surface area contributed by atoms with Gasteiger partial charge in [0.2, 0.25) is 0 Å². The molecule has 32 heavy (non-hydrogen) atoms. The van der Waals surface area contributed by atoms with E-state index in [-0.39, 0.29) is 12.5 Å². The molecule has 1 aliphatic heterocycles. The standard InChI is InChI=1S/C25H17Cl2NO3S/c26-15-9-10-19(20(27)11-15)23-22(25(30)31)17-6-1-2-7-18(17)24(29)28(23)12-14-13-32-21-8-4-3-5-16(14)21/h1-11,13,22-23H,12H2,(H,30,31). The van der Waals surface area contributed by atoms with Crippen LogP contribution in [-0.2, 0) is 11.3 Å². The zero-order valence-corrected chi connectivity index (χ0v) is 19.0. The predicted octanol–water partition coefficient (Wildman–Crippen LogP) is 6.77. The molecule has 4 aromatic rings. The molecule has 0 bridgehead atoms. The van der Waals surface area contributed by atoms with Gasteiger partial charge >= 0.3 is 5.97 Å². The molecule has 160 valence electrons. The molecule has 5 rings (SSSR count). The first-order chi connectivity index (χ1) is 15.5. The first-order valence-corrected chi connectivity index (χ1v) is 11.6. The summed E-state index contributed by atoms with van der Waals surface area (Å²) in [5.74, 6) is -2.20. The number of carboxylic acid groups (broad SMARTS) is 1. The van der Waals surface area contributed by atoms with Gasteiger partial charge in [-0.1, -0.05) is 65.7 Å². The first-order valence-electron chi connectivity index (χ1n) is 9.98. The maximum atomic E-state index is 13.7. The Bertz CT molecular complexity index is 1370. The largest absolute Gasteiger partial charge is 0.481 e. The molecule has 1 aromatic heterocycles. The fraction of sp³-hybridized carbons (Fsp3) is 0.120. The summed E-state index contributed by atoms with van der Waals surface area (Å²) in [6.07, 6.45) is 0. The Morgan fingerprint density at radius 2 is 1.75 bits per heavy atom. The van der Waals surface area contributed by atoms with Gasteiger partial charge in [-0.25, -0.2) is 0 Å². The minimum atomic E-state index is -1.01. The topological polar surface area (TPSA) is 57.6 Å². The maximum absolute atomic E-state index is 13.7. The van der Waals surface area contributed by atoms with Crippen molar-refractivity contribution in [2.45, 2.75) is 18.5 Å². The van der Waals surface area contributed by atoms with Crippen molar-refractivity contribution >= 4 is 56.5 Å². The van der Waals surface area contributed by atoms with Gasteiger partial charge in [0, 0.05) is 26.9 Å². The molecule has 2 atom stereocenters. The summed E-state index contributed by atoms with van der Waals surface area (Å²) in [7, 11) is 0. The number of carbonyl (C=O) groups is 2. The lowest BCUT2D eigenvalue weighted by Crippen LogP contribution is -2.44. The van der Waals surface area contributed by atoms with Crippen molar-refractivity contribution in [3.8, 4) is 0 Å². The molecule has 0 saturated carbocycles. The number of rotatable bonds is 4. The maximum Gasteiger partial charge on any atom is 0.313 e. The van der Waals surface area contributed by atoms with Gasteiger partial charge in [0.25, 0.3) is 5.91 Å². The number of hydrogen-bond acceptors (Lipinski definition) is 3. The van der Waals surface area contributed by atoms with Gasteiger partial charge in [-0.2, -0.15) is 0 Å². The van der Waals surface area contributed by atoms with E-state index < -0.39 is 17.9 Å². The van der Waals surface area contributed by atoms with E-state index in [1.807, 2.05) is 29.6 Å². The zero-order valence-electron chi connectivity index (χ0n) is 16.7. The van der Waals surface area contributed by atoms with Crippen molar-refractivity contribution in [2.24, 2.45) is 0 Å². The molecule has 2 unspecified atom stereocenters. The van der Waals surface area contributed by atoms with Gasteiger partial charge in [0.1, 0.15) is 5.92 Å². The second kappa shape index (κ2) is 8.24. The molecule has 0 spiro atoms. The van der Waals surface area contributed by atoms with Crippen LogP contribution in [0.1, 0.15) is 39.0 Å². The number of thiophene rings is 1. The summed E-state index contributed by atoms with van der Waals surface area (Å²) < 4.78 is 1.11. The van der Waals surface area contributed by atoms with Crippen LogP contribution in [0.4, 0.5) is 0 Å². The van der Waals surface area contributed by atoms with E-state index in [1.54, 1.807) is 58.7 Å². The molecule has 2 heterocycles. The minimum absolute atomic E-state index is 0.218. The summed E-state index contributed by atoms with van der Waals surface area (Å²) in [5.41, 5.74) is 2.43. The van der Waals surface area contributed by atoms with Gasteiger partial charge in [0.05, 0.1) is 6.04 Å². The van der Waals surface area contributed by atoms with Gasteiger partial charge in [-0.15, -0.1) is 11.3 Å². The molecule has 0 radical (unpaired) electrons. The van der Waals surface area contributed by atoms with Crippen LogP contribution in [0.2, 0.25) is 10.0 Å². The van der Waals surface area contributed by atoms with Crippen molar-refractivity contribution < 1.29 is 14.7 Å². The lowest BCUT2D eigenvalue weighted by atomic mass is 9.79. The number of carboxylic acids is 1. The van der Waals surface area contributed by atoms with Crippen LogP contribution >= 0.6 is 34.5 Å². The van der Waals surface area contributed by atoms with Gasteiger partial charge in [-0.05, 0) is 51.7 Å². The van der Waals surface area contributed by atoms with Gasteiger partial charge in [-0.3, -0.25) is 9.59 Å². The Balaban J connectivity index is 1.71. The van der Waals surface area contributed by atoms with E-state index in [4.69, 9.17) is 23.2 Å². The number of halogens is 2. The van der Waals surface area contributed by atoms with Crippen LogP contribution in [0.3, 0.4) is 0 Å². The smallest absolute Gasteiger partial charge is 0.313 e. The van der Waals surface area contributed by atoms with E-state index in [0.717, 1.165) is 15.6 Å². The third kappa shape index (κ3) is 3.47. The number of amides is 1. The van der Waals surface area contributed by atoms with Crippen molar-refractivity contribution in [3.05, 3.63) is 104 Å². The van der Waals surface area contributed by atoms with Gasteiger partial charge < -0.3 is 10.0 Å². The summed E-state index contributed by atoms with van der Waals surface area (Å²) in [5, 5.41) is 14.1. The molecular formula is C25H17Cl2NO3S. The first kappa shape index (κ1) is 21.0. The van der Waals surface area contributed by atoms with E-state index in [2.05, 4.69) is 0 Å². The van der Waals surface area contributed by atoms with Crippen LogP contribution in [-0.4, -0.2) is 21.9 Å². The van der Waals surface area contributed by atoms with Crippen molar-refractivity contribution in [2.75, 3.05) is 0 Å². The SMILES string of the molecule is O=C(O)C1c2ccccc2C(=O)N(Cc2csc3ccccc23)C1c1ccc(Cl)cc1Cl. The molecular weight excluding hydrogens is 465 g/mol. The fourth-order valence-electron chi connectivity index (χ4n) is 4.46. The minimum Gasteiger partial charge on any atom is -0.481 e. The Hall–Kier alpha value is -2.86. The Morgan fingerprint density at radius 3 is 2.53 bits per heavy atom. The highest BCUT2D eigenvalue weighted by Gasteiger charge is 2.45. The van der Waals surface area contributed by atoms with E-state index in [1.165, 1.54) is 0 Å². The normalized spacial score (nSPS) is 18.1. The monoisotopic (exact) mass is 481 g/mol. The highest BCUT2D eigenvalue weighted by atomic mass is 35.5. The zero-order chi connectivity index (χ0) is 22.4. The van der Waals surface area contributed by atoms with Crippen LogP contribution in [0, 0.1) is 0 Å². The van der Waals surface area contributed by atoms with E-state index >= 15 is 0 Å². The average molecular weight is 482 g/mol. The fourth-order valence-corrected chi connectivity index (χ4v) is 5.93. The molecule has 3 aromatic carbocycles. The van der Waals surface area contributed by atoms with E-state index in [0.29, 0.717) is 26.7 Å². The predicted molar refractivity (Wildman–Crippen MR) is 128 cm³/mol. The highest BCUT2D eigenvalue weighted by molar-refractivity contribution is 7.17. The second-order valence-electron chi connectivity index (χ2n) is 7.70. The van der Waals surface area contributed by atoms with Crippen LogP contribution in [0.5, 0.6) is 0 Å². The van der Waals surface area contributed by atoms with Crippen LogP contribution < -0.4 is 0 Å². The molecule has 1 amide bonds. The number of hydrogen-bond donors (Lipinski definition) is 1. The van der Waals surface area contributed by atoms with Crippen molar-refractivity contribution in [3.63, 3.8) is 0 Å². The lowest BCUT2D eigenvalue weighted by Gasteiger charge is -2.41. The van der Waals surface area contributed by atoms with Crippen molar-refractivity contribution in [1.29, 1.82) is 0 Å². The third-order valence-electron chi connectivity index (χ3n) is 5.89. The number of nitrogens with zero attached hydrogens (tertiary/aromatic N) is 1. The Morgan fingerprint density at radius 1 is 1.00 bits per heavy atom. The quantitative estimate of drug-likeness (QED) is 0.349. The molecule has 1 N–H and O–H groups in total. The Labute approximate surface area is 198 Å². The summed E-state index contributed by atoms with van der Waals surface area (Å²) >= 11 is 14.2. The van der Waals surface area contributed by atoms with Crippen LogP contribution in [0.25, 0.3) is 10.1 Å². The summed E-state index contributed by atoms with van der Waals surface area (Å²) in [4.78, 5) is 27.8. The van der Waals surface area contributed by atoms with E-state index in [9.17, 15) is 14.7 Å². The molecule has 1 aliphatic rings. The molecule has 4 nitrogen and oxygen atoms in total. The number of carbonyl (C=O) groups excluding carboxylic acids is 1. The number of aliphatic carboxylic acids is 1. The third-order valence-corrected chi connectivity index (χ3v) is 7.46. The second-order valence-corrected chi connectivity index (χ2v) is 9.46. The molecule has 0 aliphatic carbocycles. The molecule has 0 saturated heterocycles. The summed E-state index contributed by atoms with van der Waals surface area (Å²) in [6, 6.07) is 19.1. The highest BCUT2D eigenvalue weighted by Crippen LogP contribution is 2.46. The summed E-state index contributed by atoms with van der Waals surface area (Å²) in [6.45, 7) is 0.268.